The number of hydrogen-bond acceptors (Lipinski definition) is 3. The molecule has 1 fully saturated rings. The summed E-state index contributed by atoms with van der Waals surface area (Å²) in [6, 6.07) is 13.5. The molecule has 2 amide bonds. The molecule has 29 heavy (non-hydrogen) atoms. The predicted octanol–water partition coefficient (Wildman–Crippen LogP) is 4.08. The first-order chi connectivity index (χ1) is 13.9. The smallest absolute Gasteiger partial charge is 0.315 e. The Bertz CT molecular complexity index is 942. The van der Waals surface area contributed by atoms with E-state index in [0.29, 0.717) is 29.6 Å². The van der Waals surface area contributed by atoms with Gasteiger partial charge in [0.2, 0.25) is 10.0 Å². The summed E-state index contributed by atoms with van der Waals surface area (Å²) in [6.45, 7) is 3.32. The van der Waals surface area contributed by atoms with Crippen molar-refractivity contribution in [2.75, 3.05) is 13.1 Å². The van der Waals surface area contributed by atoms with Crippen LogP contribution in [0.2, 0.25) is 5.02 Å². The minimum atomic E-state index is -3.44. The second-order valence-electron chi connectivity index (χ2n) is 7.18. The standard InChI is InChI=1S/C21H26ClN3O3S/c1-16(19-7-3-4-8-20(19)22)24-21(26)23-15-17-9-11-18(12-10-17)29(27,28)25-13-5-2-6-14-25/h3-4,7-12,16H,2,5-6,13-15H2,1H3,(H2,23,24,26)/t16-/m1/s1. The third-order valence-corrected chi connectivity index (χ3v) is 7.31. The van der Waals surface area contributed by atoms with Crippen LogP contribution in [0.15, 0.2) is 53.4 Å². The van der Waals surface area contributed by atoms with E-state index < -0.39 is 10.0 Å². The molecular weight excluding hydrogens is 410 g/mol. The normalized spacial score (nSPS) is 16.2. The van der Waals surface area contributed by atoms with Crippen LogP contribution < -0.4 is 10.6 Å². The average molecular weight is 436 g/mol. The van der Waals surface area contributed by atoms with E-state index in [1.165, 1.54) is 0 Å². The van der Waals surface area contributed by atoms with Gasteiger partial charge < -0.3 is 10.6 Å². The maximum Gasteiger partial charge on any atom is 0.315 e. The van der Waals surface area contributed by atoms with E-state index in [0.717, 1.165) is 30.4 Å². The van der Waals surface area contributed by atoms with Crippen molar-refractivity contribution >= 4 is 27.7 Å². The lowest BCUT2D eigenvalue weighted by molar-refractivity contribution is 0.237. The molecule has 1 aliphatic heterocycles. The van der Waals surface area contributed by atoms with Crippen LogP contribution in [0.4, 0.5) is 4.79 Å². The first kappa shape index (κ1) is 21.6. The molecule has 0 radical (unpaired) electrons. The van der Waals surface area contributed by atoms with Crippen LogP contribution in [-0.2, 0) is 16.6 Å². The molecule has 1 saturated heterocycles. The number of carbonyl (C=O) groups excluding carboxylic acids is 1. The molecule has 156 valence electrons. The number of amides is 2. The number of nitrogens with one attached hydrogen (secondary N) is 2. The summed E-state index contributed by atoms with van der Waals surface area (Å²) in [5.74, 6) is 0. The Hall–Kier alpha value is -2.09. The van der Waals surface area contributed by atoms with Crippen molar-refractivity contribution in [2.24, 2.45) is 0 Å². The van der Waals surface area contributed by atoms with Crippen LogP contribution in [-0.4, -0.2) is 31.8 Å². The largest absolute Gasteiger partial charge is 0.334 e. The van der Waals surface area contributed by atoms with Gasteiger partial charge in [-0.25, -0.2) is 13.2 Å². The van der Waals surface area contributed by atoms with E-state index in [1.54, 1.807) is 34.6 Å². The quantitative estimate of drug-likeness (QED) is 0.717. The van der Waals surface area contributed by atoms with Gasteiger partial charge in [-0.15, -0.1) is 0 Å². The number of benzene rings is 2. The molecule has 8 heteroatoms. The summed E-state index contributed by atoms with van der Waals surface area (Å²) in [7, 11) is -3.44. The SMILES string of the molecule is C[C@@H](NC(=O)NCc1ccc(S(=O)(=O)N2CCCCC2)cc1)c1ccccc1Cl. The number of urea groups is 1. The average Bonchev–Trinajstić information content (AvgIpc) is 2.73. The number of carbonyl (C=O) groups is 1. The van der Waals surface area contributed by atoms with Crippen LogP contribution in [0.1, 0.15) is 43.4 Å². The van der Waals surface area contributed by atoms with Gasteiger partial charge in [0.05, 0.1) is 10.9 Å². The second kappa shape index (κ2) is 9.61. The maximum atomic E-state index is 12.7. The molecule has 2 N–H and O–H groups in total. The predicted molar refractivity (Wildman–Crippen MR) is 114 cm³/mol. The zero-order chi connectivity index (χ0) is 20.9. The molecule has 6 nitrogen and oxygen atoms in total. The van der Waals surface area contributed by atoms with Crippen molar-refractivity contribution in [1.29, 1.82) is 0 Å². The van der Waals surface area contributed by atoms with Crippen molar-refractivity contribution < 1.29 is 13.2 Å². The van der Waals surface area contributed by atoms with E-state index in [1.807, 2.05) is 25.1 Å². The molecule has 0 saturated carbocycles. The molecular formula is C21H26ClN3O3S. The Morgan fingerprint density at radius 1 is 1.07 bits per heavy atom. The van der Waals surface area contributed by atoms with Crippen LogP contribution >= 0.6 is 11.6 Å². The molecule has 0 spiro atoms. The molecule has 2 aromatic carbocycles. The summed E-state index contributed by atoms with van der Waals surface area (Å²) < 4.78 is 26.9. The number of halogens is 1. The summed E-state index contributed by atoms with van der Waals surface area (Å²) in [5.41, 5.74) is 1.67. The molecule has 0 bridgehead atoms. The van der Waals surface area contributed by atoms with E-state index in [2.05, 4.69) is 10.6 Å². The Balaban J connectivity index is 1.54. The molecule has 0 aromatic heterocycles. The minimum Gasteiger partial charge on any atom is -0.334 e. The Morgan fingerprint density at radius 3 is 2.38 bits per heavy atom. The van der Waals surface area contributed by atoms with Crippen LogP contribution in [0.25, 0.3) is 0 Å². The van der Waals surface area contributed by atoms with Crippen LogP contribution in [0.3, 0.4) is 0 Å². The van der Waals surface area contributed by atoms with Crippen molar-refractivity contribution in [1.82, 2.24) is 14.9 Å². The van der Waals surface area contributed by atoms with Crippen molar-refractivity contribution in [3.05, 3.63) is 64.7 Å². The monoisotopic (exact) mass is 435 g/mol. The first-order valence-corrected chi connectivity index (χ1v) is 11.6. The van der Waals surface area contributed by atoms with Gasteiger partial charge in [0.25, 0.3) is 0 Å². The van der Waals surface area contributed by atoms with Crippen molar-refractivity contribution in [3.63, 3.8) is 0 Å². The molecule has 1 atom stereocenters. The molecule has 3 rings (SSSR count). The fraction of sp³-hybridized carbons (Fsp3) is 0.381. The minimum absolute atomic E-state index is 0.235. The second-order valence-corrected chi connectivity index (χ2v) is 9.52. The van der Waals surface area contributed by atoms with Gasteiger partial charge in [-0.2, -0.15) is 4.31 Å². The van der Waals surface area contributed by atoms with Gasteiger partial charge in [0.15, 0.2) is 0 Å². The van der Waals surface area contributed by atoms with Gasteiger partial charge in [-0.1, -0.05) is 48.4 Å². The van der Waals surface area contributed by atoms with Gasteiger partial charge in [0, 0.05) is 24.7 Å². The Kier molecular flexibility index (Phi) is 7.16. The fourth-order valence-electron chi connectivity index (χ4n) is 3.37. The van der Waals surface area contributed by atoms with Crippen molar-refractivity contribution in [3.8, 4) is 0 Å². The zero-order valence-corrected chi connectivity index (χ0v) is 18.0. The molecule has 1 heterocycles. The van der Waals surface area contributed by atoms with Crippen LogP contribution in [0.5, 0.6) is 0 Å². The summed E-state index contributed by atoms with van der Waals surface area (Å²) in [5, 5.41) is 6.24. The summed E-state index contributed by atoms with van der Waals surface area (Å²) in [6.07, 6.45) is 2.89. The number of hydrogen-bond donors (Lipinski definition) is 2. The van der Waals surface area contributed by atoms with E-state index in [9.17, 15) is 13.2 Å². The van der Waals surface area contributed by atoms with E-state index in [4.69, 9.17) is 11.6 Å². The lowest BCUT2D eigenvalue weighted by Gasteiger charge is -2.25. The first-order valence-electron chi connectivity index (χ1n) is 9.76. The van der Waals surface area contributed by atoms with Gasteiger partial charge in [0.1, 0.15) is 0 Å². The number of rotatable bonds is 6. The van der Waals surface area contributed by atoms with Gasteiger partial charge >= 0.3 is 6.03 Å². The van der Waals surface area contributed by atoms with E-state index >= 15 is 0 Å². The number of sulfonamides is 1. The highest BCUT2D eigenvalue weighted by atomic mass is 35.5. The number of piperidine rings is 1. The molecule has 2 aromatic rings. The third kappa shape index (κ3) is 5.50. The Morgan fingerprint density at radius 2 is 1.72 bits per heavy atom. The highest BCUT2D eigenvalue weighted by Gasteiger charge is 2.25. The molecule has 1 aliphatic rings. The van der Waals surface area contributed by atoms with Crippen molar-refractivity contribution in [2.45, 2.75) is 43.7 Å². The highest BCUT2D eigenvalue weighted by Crippen LogP contribution is 2.22. The lowest BCUT2D eigenvalue weighted by atomic mass is 10.1. The highest BCUT2D eigenvalue weighted by molar-refractivity contribution is 7.89. The maximum absolute atomic E-state index is 12.7. The summed E-state index contributed by atoms with van der Waals surface area (Å²) in [4.78, 5) is 12.5. The van der Waals surface area contributed by atoms with Gasteiger partial charge in [-0.3, -0.25) is 0 Å². The Labute approximate surface area is 177 Å². The van der Waals surface area contributed by atoms with Crippen LogP contribution in [0, 0.1) is 0 Å². The summed E-state index contributed by atoms with van der Waals surface area (Å²) >= 11 is 6.16. The number of nitrogens with zero attached hydrogens (tertiary/aromatic N) is 1. The third-order valence-electron chi connectivity index (χ3n) is 5.05. The zero-order valence-electron chi connectivity index (χ0n) is 16.4. The lowest BCUT2D eigenvalue weighted by Crippen LogP contribution is -2.36. The topological polar surface area (TPSA) is 78.5 Å². The molecule has 0 unspecified atom stereocenters. The van der Waals surface area contributed by atoms with Gasteiger partial charge in [-0.05, 0) is 49.1 Å². The fourth-order valence-corrected chi connectivity index (χ4v) is 5.18. The molecule has 0 aliphatic carbocycles. The van der Waals surface area contributed by atoms with E-state index in [-0.39, 0.29) is 12.1 Å².